The Morgan fingerprint density at radius 2 is 2.00 bits per heavy atom. The molecule has 1 aromatic heterocycles. The number of likely N-dealkylation sites (tertiary alicyclic amines) is 1. The number of ketones is 1. The Labute approximate surface area is 224 Å². The summed E-state index contributed by atoms with van der Waals surface area (Å²) in [5, 5.41) is 3.69. The van der Waals surface area contributed by atoms with Gasteiger partial charge in [0.05, 0.1) is 22.7 Å². The predicted octanol–water partition coefficient (Wildman–Crippen LogP) is 2.49. The van der Waals surface area contributed by atoms with Crippen LogP contribution >= 0.6 is 11.3 Å². The number of carbonyl (C=O) groups excluding carboxylic acids is 3. The Kier molecular flexibility index (Phi) is 6.50. The number of Topliss-reactive ketones (excluding diaryl/α,β-unsaturated/α-hetero) is 1. The van der Waals surface area contributed by atoms with Gasteiger partial charge >= 0.3 is 0 Å². The van der Waals surface area contributed by atoms with Crippen molar-refractivity contribution in [2.75, 3.05) is 25.9 Å². The van der Waals surface area contributed by atoms with Crippen molar-refractivity contribution in [3.05, 3.63) is 70.1 Å². The van der Waals surface area contributed by atoms with Crippen molar-refractivity contribution in [1.82, 2.24) is 10.2 Å². The van der Waals surface area contributed by atoms with Crippen LogP contribution in [0.4, 0.5) is 5.69 Å². The highest BCUT2D eigenvalue weighted by molar-refractivity contribution is 7.21. The van der Waals surface area contributed by atoms with Gasteiger partial charge < -0.3 is 32.2 Å². The number of hydrogen-bond acceptors (Lipinski definition) is 8. The van der Waals surface area contributed by atoms with E-state index in [1.165, 1.54) is 17.4 Å². The highest BCUT2D eigenvalue weighted by atomic mass is 32.1. The fraction of sp³-hybridized carbons (Fsp3) is 0.321. The van der Waals surface area contributed by atoms with E-state index in [4.69, 9.17) is 21.9 Å². The van der Waals surface area contributed by atoms with Crippen LogP contribution in [0, 0.1) is 6.92 Å². The van der Waals surface area contributed by atoms with E-state index >= 15 is 0 Å². The average molecular weight is 534 g/mol. The summed E-state index contributed by atoms with van der Waals surface area (Å²) in [5.41, 5.74) is 21.2. The van der Waals surface area contributed by atoms with Crippen molar-refractivity contribution >= 4 is 44.7 Å². The van der Waals surface area contributed by atoms with Gasteiger partial charge in [-0.15, -0.1) is 11.3 Å². The molecule has 0 bridgehead atoms. The van der Waals surface area contributed by atoms with E-state index < -0.39 is 17.4 Å². The Balaban J connectivity index is 1.60. The van der Waals surface area contributed by atoms with Gasteiger partial charge in [0.15, 0.2) is 5.78 Å². The van der Waals surface area contributed by atoms with Crippen LogP contribution in [0.15, 0.2) is 43.0 Å². The van der Waals surface area contributed by atoms with E-state index in [0.717, 1.165) is 18.4 Å². The van der Waals surface area contributed by atoms with Crippen LogP contribution in [0.3, 0.4) is 0 Å². The standard InChI is InChI=1S/C28H31N5O4S/c1-4-20(34)33-11-5-6-15(13-33)32-27(36)25-22-21-18(9-10-19(29)24(21)38-25)28(31,26(35)23(22)30)17-8-7-16(37-3)12-14(17)2/h4,7-10,12,15,23H,1,5-6,11,13,29-31H2,2-3H3,(H,32,36). The molecule has 2 aliphatic rings. The number of nitrogens with two attached hydrogens (primary N) is 3. The highest BCUT2D eigenvalue weighted by Crippen LogP contribution is 2.50. The number of methoxy groups -OCH3 is 1. The molecule has 1 saturated heterocycles. The molecule has 3 atom stereocenters. The molecule has 9 nitrogen and oxygen atoms in total. The molecule has 3 aromatic rings. The number of piperidine rings is 1. The number of anilines is 1. The zero-order valence-electron chi connectivity index (χ0n) is 21.4. The molecule has 198 valence electrons. The van der Waals surface area contributed by atoms with Gasteiger partial charge in [-0.25, -0.2) is 0 Å². The van der Waals surface area contributed by atoms with Crippen molar-refractivity contribution in [3.8, 4) is 5.75 Å². The van der Waals surface area contributed by atoms with Crippen molar-refractivity contribution < 1.29 is 19.1 Å². The summed E-state index contributed by atoms with van der Waals surface area (Å²) in [6.07, 6.45) is 2.77. The lowest BCUT2D eigenvalue weighted by Crippen LogP contribution is -2.53. The fourth-order valence-electron chi connectivity index (χ4n) is 5.71. The van der Waals surface area contributed by atoms with E-state index in [9.17, 15) is 14.4 Å². The van der Waals surface area contributed by atoms with Gasteiger partial charge in [-0.1, -0.05) is 18.7 Å². The first-order valence-corrected chi connectivity index (χ1v) is 13.2. The number of ether oxygens (including phenoxy) is 1. The number of hydrogen-bond donors (Lipinski definition) is 4. The summed E-state index contributed by atoms with van der Waals surface area (Å²) in [6.45, 7) is 6.42. The second kappa shape index (κ2) is 9.54. The van der Waals surface area contributed by atoms with E-state index in [0.29, 0.717) is 56.2 Å². The monoisotopic (exact) mass is 533 g/mol. The first kappa shape index (κ1) is 25.9. The van der Waals surface area contributed by atoms with Gasteiger partial charge in [0.25, 0.3) is 5.91 Å². The quantitative estimate of drug-likeness (QED) is 0.290. The molecule has 0 spiro atoms. The van der Waals surface area contributed by atoms with Crippen LogP contribution in [0.1, 0.15) is 50.8 Å². The van der Waals surface area contributed by atoms with Gasteiger partial charge in [0.2, 0.25) is 5.91 Å². The largest absolute Gasteiger partial charge is 0.497 e. The molecule has 38 heavy (non-hydrogen) atoms. The number of nitrogens with one attached hydrogen (secondary N) is 1. The molecular formula is C28H31N5O4S. The van der Waals surface area contributed by atoms with Crippen LogP contribution in [0.25, 0.3) is 10.1 Å². The second-order valence-corrected chi connectivity index (χ2v) is 10.9. The molecular weight excluding hydrogens is 502 g/mol. The van der Waals surface area contributed by atoms with Crippen molar-refractivity contribution in [2.24, 2.45) is 11.5 Å². The van der Waals surface area contributed by atoms with Crippen molar-refractivity contribution in [1.29, 1.82) is 0 Å². The molecule has 2 amide bonds. The maximum atomic E-state index is 14.0. The summed E-state index contributed by atoms with van der Waals surface area (Å²) in [6, 6.07) is 7.47. The lowest BCUT2D eigenvalue weighted by atomic mass is 9.69. The van der Waals surface area contributed by atoms with E-state index in [2.05, 4.69) is 11.9 Å². The molecule has 0 saturated carbocycles. The van der Waals surface area contributed by atoms with Crippen molar-refractivity contribution in [3.63, 3.8) is 0 Å². The molecule has 1 aliphatic carbocycles. The Hall–Kier alpha value is -3.73. The molecule has 7 N–H and O–H groups in total. The summed E-state index contributed by atoms with van der Waals surface area (Å²) >= 11 is 1.21. The molecule has 2 aromatic carbocycles. The summed E-state index contributed by atoms with van der Waals surface area (Å²) in [4.78, 5) is 41.6. The molecule has 5 rings (SSSR count). The van der Waals surface area contributed by atoms with Crippen LogP contribution in [-0.4, -0.2) is 48.7 Å². The van der Waals surface area contributed by atoms with Crippen LogP contribution in [-0.2, 0) is 15.1 Å². The number of carbonyl (C=O) groups is 3. The number of nitrogen functional groups attached to an aromatic ring is 1. The molecule has 2 heterocycles. The van der Waals surface area contributed by atoms with Gasteiger partial charge in [0, 0.05) is 35.8 Å². The second-order valence-electron chi connectivity index (χ2n) is 9.88. The van der Waals surface area contributed by atoms with Gasteiger partial charge in [0.1, 0.15) is 11.3 Å². The zero-order valence-corrected chi connectivity index (χ0v) is 22.2. The molecule has 1 aliphatic heterocycles. The molecule has 10 heteroatoms. The van der Waals surface area contributed by atoms with Gasteiger partial charge in [-0.05, 0) is 60.7 Å². The third-order valence-electron chi connectivity index (χ3n) is 7.62. The first-order chi connectivity index (χ1) is 18.1. The maximum absolute atomic E-state index is 14.0. The number of amides is 2. The molecule has 1 fully saturated rings. The minimum Gasteiger partial charge on any atom is -0.497 e. The third kappa shape index (κ3) is 3.87. The third-order valence-corrected chi connectivity index (χ3v) is 8.87. The minimum absolute atomic E-state index is 0.168. The first-order valence-electron chi connectivity index (χ1n) is 12.4. The lowest BCUT2D eigenvalue weighted by Gasteiger charge is -2.37. The number of rotatable bonds is 5. The summed E-state index contributed by atoms with van der Waals surface area (Å²) < 4.78 is 6.00. The normalized spacial score (nSPS) is 22.8. The average Bonchev–Trinajstić information content (AvgIpc) is 3.33. The number of nitrogens with zero attached hydrogens (tertiary/aromatic N) is 1. The summed E-state index contributed by atoms with van der Waals surface area (Å²) in [7, 11) is 1.57. The summed E-state index contributed by atoms with van der Waals surface area (Å²) in [5.74, 6) is -0.273. The van der Waals surface area contributed by atoms with Crippen LogP contribution in [0.2, 0.25) is 0 Å². The Bertz CT molecular complexity index is 1500. The smallest absolute Gasteiger partial charge is 0.262 e. The Morgan fingerprint density at radius 3 is 2.68 bits per heavy atom. The number of aryl methyl sites for hydroxylation is 1. The fourth-order valence-corrected chi connectivity index (χ4v) is 6.91. The number of benzene rings is 2. The van der Waals surface area contributed by atoms with Gasteiger partial charge in [-0.3, -0.25) is 14.4 Å². The van der Waals surface area contributed by atoms with E-state index in [-0.39, 0.29) is 17.9 Å². The highest BCUT2D eigenvalue weighted by Gasteiger charge is 2.49. The maximum Gasteiger partial charge on any atom is 0.262 e. The predicted molar refractivity (Wildman–Crippen MR) is 148 cm³/mol. The van der Waals surface area contributed by atoms with Crippen LogP contribution < -0.4 is 27.3 Å². The van der Waals surface area contributed by atoms with Crippen LogP contribution in [0.5, 0.6) is 5.75 Å². The number of thiophene rings is 1. The minimum atomic E-state index is -1.53. The molecule has 3 unspecified atom stereocenters. The Morgan fingerprint density at radius 1 is 1.26 bits per heavy atom. The zero-order chi connectivity index (χ0) is 27.4. The van der Waals surface area contributed by atoms with Crippen molar-refractivity contribution in [2.45, 2.75) is 37.4 Å². The van der Waals surface area contributed by atoms with E-state index in [1.807, 2.05) is 13.0 Å². The van der Waals surface area contributed by atoms with Gasteiger partial charge in [-0.2, -0.15) is 0 Å². The lowest BCUT2D eigenvalue weighted by molar-refractivity contribution is -0.127. The topological polar surface area (TPSA) is 154 Å². The van der Waals surface area contributed by atoms with E-state index in [1.54, 1.807) is 36.3 Å². The SMILES string of the molecule is C=CC(=O)N1CCCC(NC(=O)c2sc3c(N)ccc4c3c2C(N)C(=O)C4(N)c2ccc(OC)cc2C)C1. The molecule has 0 radical (unpaired) electrons.